The third kappa shape index (κ3) is 10.5. The zero-order valence-electron chi connectivity index (χ0n) is 36.4. The van der Waals surface area contributed by atoms with Crippen LogP contribution in [0.15, 0.2) is 85.5 Å². The summed E-state index contributed by atoms with van der Waals surface area (Å²) in [5.41, 5.74) is 5.90. The van der Waals surface area contributed by atoms with E-state index in [-0.39, 0.29) is 12.2 Å². The molecule has 10 rings (SSSR count). The summed E-state index contributed by atoms with van der Waals surface area (Å²) in [6.07, 6.45) is 7.39. The van der Waals surface area contributed by atoms with Gasteiger partial charge in [0.25, 0.3) is 0 Å². The molecule has 63 heavy (non-hydrogen) atoms. The molecule has 4 aromatic heterocycles. The summed E-state index contributed by atoms with van der Waals surface area (Å²) in [7, 11) is 7.54. The number of nitrogens with zero attached hydrogens (tertiary/aromatic N) is 6. The van der Waals surface area contributed by atoms with Crippen molar-refractivity contribution < 1.29 is 28.8 Å². The molecular weight excluding hydrogens is 820 g/mol. The van der Waals surface area contributed by atoms with Crippen LogP contribution in [-0.2, 0) is 0 Å². The fraction of sp³-hybridized carbons (Fsp3) is 0.333. The van der Waals surface area contributed by atoms with E-state index in [1.165, 1.54) is 12.7 Å². The first-order valence-electron chi connectivity index (χ1n) is 21.1. The molecule has 14 nitrogen and oxygen atoms in total. The van der Waals surface area contributed by atoms with E-state index in [4.69, 9.17) is 40.4 Å². The number of H-pyrrole nitrogens is 2. The van der Waals surface area contributed by atoms with Crippen molar-refractivity contribution in [2.24, 2.45) is 0 Å². The Morgan fingerprint density at radius 1 is 0.603 bits per heavy atom. The van der Waals surface area contributed by atoms with E-state index in [1.54, 1.807) is 26.4 Å². The maximum Gasteiger partial charge on any atom is 0.230 e. The van der Waals surface area contributed by atoms with Gasteiger partial charge in [0.05, 0.1) is 30.6 Å². The van der Waals surface area contributed by atoms with Crippen molar-refractivity contribution in [3.8, 4) is 40.4 Å². The number of benzene rings is 4. The number of nitrogens with one attached hydrogen (secondary N) is 2. The Morgan fingerprint density at radius 3 is 1.68 bits per heavy atom. The van der Waals surface area contributed by atoms with Crippen LogP contribution in [0.5, 0.6) is 40.4 Å². The second-order valence-corrected chi connectivity index (χ2v) is 16.5. The number of aromatic nitrogens is 6. The average Bonchev–Trinajstić information content (AvgIpc) is 3.85. The van der Waals surface area contributed by atoms with Crippen molar-refractivity contribution in [3.63, 3.8) is 0 Å². The summed E-state index contributed by atoms with van der Waals surface area (Å²) in [6, 6.07) is 22.9. The number of aryl methyl sites for hydroxylation is 2. The second-order valence-electron chi connectivity index (χ2n) is 16.2. The van der Waals surface area contributed by atoms with Crippen molar-refractivity contribution in [1.82, 2.24) is 39.7 Å². The zero-order valence-corrected chi connectivity index (χ0v) is 37.2. The smallest absolute Gasteiger partial charge is 0.230 e. The fourth-order valence-electron chi connectivity index (χ4n) is 7.92. The third-order valence-electron chi connectivity index (χ3n) is 11.4. The first-order chi connectivity index (χ1) is 30.5. The SMILES string of the molecule is COc1cc2c(Cl)ncnc2cc1OC1CCN(C)CC1.COc1cc2c(Oc3ccc4[nH]c(C)cc4c3)ncnc2cc1OC1CCN(C)CC1.Cc1cc2cc(O)ccc2[nH]1. The minimum absolute atomic E-state index is 0.177. The summed E-state index contributed by atoms with van der Waals surface area (Å²) in [5.74, 6) is 4.27. The number of phenols is 1. The maximum absolute atomic E-state index is 9.13. The fourth-order valence-corrected chi connectivity index (χ4v) is 8.11. The molecule has 4 aromatic carbocycles. The maximum atomic E-state index is 9.13. The molecule has 2 fully saturated rings. The minimum Gasteiger partial charge on any atom is -0.508 e. The van der Waals surface area contributed by atoms with Crippen molar-refractivity contribution in [1.29, 1.82) is 0 Å². The van der Waals surface area contributed by atoms with Gasteiger partial charge < -0.3 is 48.6 Å². The van der Waals surface area contributed by atoms with E-state index in [0.29, 0.717) is 39.8 Å². The molecule has 328 valence electrons. The highest BCUT2D eigenvalue weighted by atomic mass is 35.5. The summed E-state index contributed by atoms with van der Waals surface area (Å²) in [4.78, 5) is 28.2. The molecule has 0 amide bonds. The molecule has 0 spiro atoms. The quantitative estimate of drug-likeness (QED) is 0.125. The van der Waals surface area contributed by atoms with Gasteiger partial charge in [0.2, 0.25) is 5.88 Å². The third-order valence-corrected chi connectivity index (χ3v) is 11.7. The molecule has 2 aliphatic rings. The van der Waals surface area contributed by atoms with E-state index in [2.05, 4.69) is 59.9 Å². The van der Waals surface area contributed by atoms with Gasteiger partial charge in [-0.1, -0.05) is 11.6 Å². The standard InChI is InChI=1S/C24H26N4O3.C15H18ClN3O2.C9H9NO/c1-15-10-16-11-18(4-5-20(16)27-15)31-24-19-12-22(29-3)23(13-21(19)25-14-26-24)30-17-6-8-28(2)9-7-17;1-19-5-3-10(4-6-19)21-14-8-12-11(7-13(14)20-2)15(16)18-9-17-12;1-6-4-7-5-8(11)2-3-9(7)10-6/h4-5,10-14,17,27H,6-9H2,1-3H3;7-10H,3-6H2,1-2H3;2-5,10-11H,1H3. The van der Waals surface area contributed by atoms with Gasteiger partial charge in [-0.3, -0.25) is 0 Å². The van der Waals surface area contributed by atoms with Gasteiger partial charge >= 0.3 is 0 Å². The molecule has 0 saturated carbocycles. The molecule has 0 aliphatic carbocycles. The van der Waals surface area contributed by atoms with Gasteiger partial charge in [-0.25, -0.2) is 19.9 Å². The van der Waals surface area contributed by atoms with Crippen LogP contribution < -0.4 is 23.7 Å². The number of rotatable bonds is 8. The number of aromatic hydroxyl groups is 1. The molecule has 0 bridgehead atoms. The van der Waals surface area contributed by atoms with Crippen LogP contribution in [-0.4, -0.2) is 112 Å². The van der Waals surface area contributed by atoms with E-state index < -0.39 is 0 Å². The van der Waals surface area contributed by atoms with Crippen LogP contribution in [0.3, 0.4) is 0 Å². The summed E-state index contributed by atoms with van der Waals surface area (Å²) >= 11 is 6.09. The number of ether oxygens (including phenoxy) is 5. The van der Waals surface area contributed by atoms with Crippen LogP contribution in [0.1, 0.15) is 37.1 Å². The van der Waals surface area contributed by atoms with Gasteiger partial charge in [-0.2, -0.15) is 0 Å². The molecule has 2 aliphatic heterocycles. The van der Waals surface area contributed by atoms with Crippen LogP contribution in [0.25, 0.3) is 43.6 Å². The normalized spacial score (nSPS) is 15.2. The minimum atomic E-state index is 0.177. The predicted octanol–water partition coefficient (Wildman–Crippen LogP) is 9.64. The highest BCUT2D eigenvalue weighted by Gasteiger charge is 2.22. The predicted molar refractivity (Wildman–Crippen MR) is 247 cm³/mol. The lowest BCUT2D eigenvalue weighted by Gasteiger charge is -2.29. The van der Waals surface area contributed by atoms with Crippen LogP contribution in [0, 0.1) is 13.8 Å². The van der Waals surface area contributed by atoms with Crippen molar-refractivity contribution in [2.75, 3.05) is 54.5 Å². The Bertz CT molecular complexity index is 2830. The van der Waals surface area contributed by atoms with Crippen molar-refractivity contribution in [2.45, 2.75) is 51.7 Å². The van der Waals surface area contributed by atoms with Crippen molar-refractivity contribution in [3.05, 3.63) is 102 Å². The van der Waals surface area contributed by atoms with Gasteiger partial charge in [-0.15, -0.1) is 0 Å². The molecule has 0 unspecified atom stereocenters. The summed E-state index contributed by atoms with van der Waals surface area (Å²) in [6.45, 7) is 8.20. The van der Waals surface area contributed by atoms with Crippen LogP contribution >= 0.6 is 11.6 Å². The first kappa shape index (κ1) is 43.3. The summed E-state index contributed by atoms with van der Waals surface area (Å²) < 4.78 is 29.6. The lowest BCUT2D eigenvalue weighted by atomic mass is 10.1. The molecule has 3 N–H and O–H groups in total. The highest BCUT2D eigenvalue weighted by Crippen LogP contribution is 2.38. The molecule has 15 heteroatoms. The van der Waals surface area contributed by atoms with E-state index in [9.17, 15) is 0 Å². The Balaban J connectivity index is 0.000000146. The van der Waals surface area contributed by atoms with Gasteiger partial charge in [0, 0.05) is 76.9 Å². The van der Waals surface area contributed by atoms with Gasteiger partial charge in [0.15, 0.2) is 23.0 Å². The first-order valence-corrected chi connectivity index (χ1v) is 21.5. The number of methoxy groups -OCH3 is 2. The Labute approximate surface area is 371 Å². The van der Waals surface area contributed by atoms with E-state index >= 15 is 0 Å². The second kappa shape index (κ2) is 19.4. The summed E-state index contributed by atoms with van der Waals surface area (Å²) in [5, 5.41) is 13.2. The molecule has 8 aromatic rings. The van der Waals surface area contributed by atoms with E-state index in [1.807, 2.05) is 68.4 Å². The topological polar surface area (TPSA) is 156 Å². The lowest BCUT2D eigenvalue weighted by molar-refractivity contribution is 0.111. The number of likely N-dealkylation sites (tertiary alicyclic amines) is 2. The molecule has 6 heterocycles. The van der Waals surface area contributed by atoms with E-state index in [0.717, 1.165) is 113 Å². The largest absolute Gasteiger partial charge is 0.508 e. The number of halogens is 1. The number of phenolic OH excluding ortho intramolecular Hbond substituents is 1. The number of aromatic amines is 2. The Morgan fingerprint density at radius 2 is 1.11 bits per heavy atom. The number of piperidine rings is 2. The number of hydrogen-bond donors (Lipinski definition) is 3. The molecule has 2 saturated heterocycles. The Hall–Kier alpha value is -6.35. The number of fused-ring (bicyclic) bond motifs is 4. The molecular formula is C48H53ClN8O6. The Kier molecular flexibility index (Phi) is 13.3. The zero-order chi connectivity index (χ0) is 44.0. The average molecular weight is 873 g/mol. The highest BCUT2D eigenvalue weighted by molar-refractivity contribution is 6.34. The lowest BCUT2D eigenvalue weighted by Crippen LogP contribution is -2.35. The molecule has 0 atom stereocenters. The van der Waals surface area contributed by atoms with Gasteiger partial charge in [-0.05, 0) is 114 Å². The van der Waals surface area contributed by atoms with Crippen LogP contribution in [0.4, 0.5) is 0 Å². The van der Waals surface area contributed by atoms with Gasteiger partial charge in [0.1, 0.15) is 41.5 Å². The van der Waals surface area contributed by atoms with Crippen molar-refractivity contribution >= 4 is 55.2 Å². The van der Waals surface area contributed by atoms with Crippen LogP contribution in [0.2, 0.25) is 5.15 Å². The number of hydrogen-bond acceptors (Lipinski definition) is 12. The molecule has 0 radical (unpaired) electrons. The monoisotopic (exact) mass is 872 g/mol.